The number of anilines is 2. The molecule has 0 spiro atoms. The van der Waals surface area contributed by atoms with Gasteiger partial charge in [-0.1, -0.05) is 6.07 Å². The maximum absolute atomic E-state index is 12.4. The van der Waals surface area contributed by atoms with E-state index in [2.05, 4.69) is 31.1 Å². The summed E-state index contributed by atoms with van der Waals surface area (Å²) < 4.78 is 27.9. The van der Waals surface area contributed by atoms with Crippen molar-refractivity contribution in [3.63, 3.8) is 0 Å². The van der Waals surface area contributed by atoms with Gasteiger partial charge in [-0.2, -0.15) is 0 Å². The number of nitrogen functional groups attached to an aromatic ring is 1. The monoisotopic (exact) mass is 356 g/mol. The van der Waals surface area contributed by atoms with E-state index >= 15 is 0 Å². The van der Waals surface area contributed by atoms with Crippen LogP contribution in [0, 0.1) is 6.92 Å². The number of benzene rings is 1. The molecule has 0 atom stereocenters. The maximum Gasteiger partial charge on any atom is 0.265 e. The molecule has 1 aromatic carbocycles. The van der Waals surface area contributed by atoms with Crippen LogP contribution in [-0.4, -0.2) is 13.4 Å². The zero-order valence-corrected chi connectivity index (χ0v) is 13.0. The fourth-order valence-electron chi connectivity index (χ4n) is 1.62. The van der Waals surface area contributed by atoms with Gasteiger partial charge in [0.15, 0.2) is 5.82 Å². The molecule has 0 fully saturated rings. The van der Waals surface area contributed by atoms with Crippen LogP contribution in [0.5, 0.6) is 0 Å². The van der Waals surface area contributed by atoms with Crippen molar-refractivity contribution in [1.29, 1.82) is 0 Å². The van der Waals surface area contributed by atoms with Crippen molar-refractivity contribution in [1.82, 2.24) is 4.98 Å². The highest BCUT2D eigenvalue weighted by Gasteiger charge is 2.20. The van der Waals surface area contributed by atoms with Crippen molar-refractivity contribution < 1.29 is 8.42 Å². The summed E-state index contributed by atoms with van der Waals surface area (Å²) in [6, 6.07) is 8.27. The van der Waals surface area contributed by atoms with Crippen LogP contribution in [0.25, 0.3) is 0 Å². The number of sulfonamides is 1. The fraction of sp³-hybridized carbons (Fsp3) is 0.0833. The van der Waals surface area contributed by atoms with E-state index < -0.39 is 10.0 Å². The lowest BCUT2D eigenvalue weighted by atomic mass is 10.2. The van der Waals surface area contributed by atoms with E-state index in [0.717, 1.165) is 5.56 Å². The SMILES string of the molecule is Cc1ccc(NS(=O)(=O)c2cccnc2NN)c(Br)c1. The second kappa shape index (κ2) is 5.78. The zero-order valence-electron chi connectivity index (χ0n) is 10.6. The van der Waals surface area contributed by atoms with Gasteiger partial charge >= 0.3 is 0 Å². The lowest BCUT2D eigenvalue weighted by Gasteiger charge is -2.12. The van der Waals surface area contributed by atoms with Gasteiger partial charge in [0.05, 0.1) is 5.69 Å². The van der Waals surface area contributed by atoms with Crippen LogP contribution in [0.3, 0.4) is 0 Å². The topological polar surface area (TPSA) is 97.1 Å². The Labute approximate surface area is 125 Å². The standard InChI is InChI=1S/C12H13BrN4O2S/c1-8-4-5-10(9(13)7-8)17-20(18,19)11-3-2-6-15-12(11)16-14/h2-7,17H,14H2,1H3,(H,15,16). The summed E-state index contributed by atoms with van der Waals surface area (Å²) in [7, 11) is -3.78. The molecule has 1 aromatic heterocycles. The number of rotatable bonds is 4. The van der Waals surface area contributed by atoms with Crippen LogP contribution in [0.2, 0.25) is 0 Å². The Balaban J connectivity index is 2.41. The number of pyridine rings is 1. The van der Waals surface area contributed by atoms with Gasteiger partial charge in [0.2, 0.25) is 0 Å². The number of nitrogens with zero attached hydrogens (tertiary/aromatic N) is 1. The molecular formula is C12H13BrN4O2S. The van der Waals surface area contributed by atoms with Gasteiger partial charge in [-0.15, -0.1) is 0 Å². The first kappa shape index (κ1) is 14.8. The van der Waals surface area contributed by atoms with E-state index in [1.165, 1.54) is 18.3 Å². The average molecular weight is 357 g/mol. The van der Waals surface area contributed by atoms with Gasteiger partial charge < -0.3 is 5.43 Å². The van der Waals surface area contributed by atoms with Gasteiger partial charge in [0, 0.05) is 10.7 Å². The predicted molar refractivity (Wildman–Crippen MR) is 81.7 cm³/mol. The van der Waals surface area contributed by atoms with E-state index in [1.54, 1.807) is 6.07 Å². The molecule has 0 aliphatic rings. The van der Waals surface area contributed by atoms with Crippen molar-refractivity contribution in [2.45, 2.75) is 11.8 Å². The number of hydrazine groups is 1. The molecule has 0 aliphatic heterocycles. The van der Waals surface area contributed by atoms with Crippen LogP contribution in [0.15, 0.2) is 45.9 Å². The molecule has 0 bridgehead atoms. The zero-order chi connectivity index (χ0) is 14.8. The number of hydrogen-bond acceptors (Lipinski definition) is 5. The molecule has 0 saturated heterocycles. The molecule has 0 saturated carbocycles. The molecule has 8 heteroatoms. The molecule has 1 heterocycles. The molecule has 0 aliphatic carbocycles. The fourth-order valence-corrected chi connectivity index (χ4v) is 3.54. The van der Waals surface area contributed by atoms with E-state index in [1.807, 2.05) is 19.1 Å². The normalized spacial score (nSPS) is 11.2. The van der Waals surface area contributed by atoms with Crippen molar-refractivity contribution in [2.24, 2.45) is 5.84 Å². The third-order valence-corrected chi connectivity index (χ3v) is 4.62. The van der Waals surface area contributed by atoms with E-state index in [0.29, 0.717) is 10.2 Å². The second-order valence-electron chi connectivity index (χ2n) is 4.08. The number of nitrogens with two attached hydrogens (primary N) is 1. The van der Waals surface area contributed by atoms with Crippen LogP contribution in [-0.2, 0) is 10.0 Å². The number of halogens is 1. The number of aryl methyl sites for hydroxylation is 1. The third-order valence-electron chi connectivity index (χ3n) is 2.57. The number of nitrogens with one attached hydrogen (secondary N) is 2. The van der Waals surface area contributed by atoms with Gasteiger partial charge in [-0.05, 0) is 52.7 Å². The number of hydrogen-bond donors (Lipinski definition) is 3. The highest BCUT2D eigenvalue weighted by molar-refractivity contribution is 9.10. The van der Waals surface area contributed by atoms with Crippen LogP contribution in [0.1, 0.15) is 5.56 Å². The summed E-state index contributed by atoms with van der Waals surface area (Å²) in [6.07, 6.45) is 1.45. The summed E-state index contributed by atoms with van der Waals surface area (Å²) in [4.78, 5) is 3.86. The minimum Gasteiger partial charge on any atom is -0.307 e. The lowest BCUT2D eigenvalue weighted by Crippen LogP contribution is -2.18. The maximum atomic E-state index is 12.4. The highest BCUT2D eigenvalue weighted by Crippen LogP contribution is 2.27. The third kappa shape index (κ3) is 3.09. The van der Waals surface area contributed by atoms with Crippen molar-refractivity contribution in [2.75, 3.05) is 10.1 Å². The van der Waals surface area contributed by atoms with Crippen molar-refractivity contribution >= 4 is 37.5 Å². The largest absolute Gasteiger partial charge is 0.307 e. The first-order chi connectivity index (χ1) is 9.44. The Kier molecular flexibility index (Phi) is 4.26. The van der Waals surface area contributed by atoms with E-state index in [-0.39, 0.29) is 10.7 Å². The summed E-state index contributed by atoms with van der Waals surface area (Å²) >= 11 is 3.33. The van der Waals surface area contributed by atoms with Gasteiger partial charge in [-0.3, -0.25) is 4.72 Å². The van der Waals surface area contributed by atoms with Gasteiger partial charge in [0.1, 0.15) is 4.90 Å². The molecule has 0 radical (unpaired) electrons. The van der Waals surface area contributed by atoms with Crippen LogP contribution in [0.4, 0.5) is 11.5 Å². The molecule has 2 aromatic rings. The molecule has 0 unspecified atom stereocenters. The average Bonchev–Trinajstić information content (AvgIpc) is 2.42. The lowest BCUT2D eigenvalue weighted by molar-refractivity contribution is 0.601. The summed E-state index contributed by atoms with van der Waals surface area (Å²) in [5, 5.41) is 0. The molecule has 106 valence electrons. The summed E-state index contributed by atoms with van der Waals surface area (Å²) in [5.74, 6) is 5.36. The molecule has 4 N–H and O–H groups in total. The Morgan fingerprint density at radius 2 is 2.05 bits per heavy atom. The number of aromatic nitrogens is 1. The van der Waals surface area contributed by atoms with Gasteiger partial charge in [0.25, 0.3) is 10.0 Å². The Morgan fingerprint density at radius 3 is 2.70 bits per heavy atom. The summed E-state index contributed by atoms with van der Waals surface area (Å²) in [6.45, 7) is 1.92. The molecular weight excluding hydrogens is 344 g/mol. The molecule has 20 heavy (non-hydrogen) atoms. The van der Waals surface area contributed by atoms with Crippen molar-refractivity contribution in [3.05, 3.63) is 46.6 Å². The summed E-state index contributed by atoms with van der Waals surface area (Å²) in [5.41, 5.74) is 3.73. The minimum absolute atomic E-state index is 0.0185. The predicted octanol–water partition coefficient (Wildman–Crippen LogP) is 2.24. The second-order valence-corrected chi connectivity index (χ2v) is 6.59. The quantitative estimate of drug-likeness (QED) is 0.576. The Bertz CT molecular complexity index is 734. The van der Waals surface area contributed by atoms with Crippen LogP contribution >= 0.6 is 15.9 Å². The first-order valence-corrected chi connectivity index (χ1v) is 7.92. The van der Waals surface area contributed by atoms with E-state index in [9.17, 15) is 8.42 Å². The molecule has 0 amide bonds. The molecule has 6 nitrogen and oxygen atoms in total. The van der Waals surface area contributed by atoms with E-state index in [4.69, 9.17) is 5.84 Å². The first-order valence-electron chi connectivity index (χ1n) is 5.64. The van der Waals surface area contributed by atoms with Crippen molar-refractivity contribution in [3.8, 4) is 0 Å². The van der Waals surface area contributed by atoms with Crippen LogP contribution < -0.4 is 16.0 Å². The minimum atomic E-state index is -3.78. The smallest absolute Gasteiger partial charge is 0.265 e. The Hall–Kier alpha value is -1.64. The Morgan fingerprint density at radius 1 is 1.30 bits per heavy atom. The molecule has 2 rings (SSSR count). The van der Waals surface area contributed by atoms with Gasteiger partial charge in [-0.25, -0.2) is 19.2 Å². The highest BCUT2D eigenvalue weighted by atomic mass is 79.9.